The molecular weight excluding hydrogens is 290 g/mol. The monoisotopic (exact) mass is 307 g/mol. The molecule has 0 heterocycles. The van der Waals surface area contributed by atoms with Crippen molar-refractivity contribution in [3.8, 4) is 0 Å². The van der Waals surface area contributed by atoms with Gasteiger partial charge in [-0.15, -0.1) is 0 Å². The van der Waals surface area contributed by atoms with Crippen LogP contribution in [0.25, 0.3) is 0 Å². The molecule has 22 heavy (non-hydrogen) atoms. The van der Waals surface area contributed by atoms with Crippen molar-refractivity contribution in [3.63, 3.8) is 0 Å². The molecule has 0 spiro atoms. The fraction of sp³-hybridized carbons (Fsp3) is 0.333. The maximum absolute atomic E-state index is 11.9. The average molecular weight is 307 g/mol. The highest BCUT2D eigenvalue weighted by Crippen LogP contribution is 2.23. The molecular formula is C15H17NO6. The summed E-state index contributed by atoms with van der Waals surface area (Å²) in [5.41, 5.74) is 1.24. The van der Waals surface area contributed by atoms with Gasteiger partial charge in [-0.1, -0.05) is 6.58 Å². The highest BCUT2D eigenvalue weighted by Gasteiger charge is 2.22. The van der Waals surface area contributed by atoms with E-state index in [1.807, 2.05) is 0 Å². The highest BCUT2D eigenvalue weighted by atomic mass is 16.6. The third-order valence-corrected chi connectivity index (χ3v) is 2.93. The lowest BCUT2D eigenvalue weighted by Gasteiger charge is -2.08. The molecule has 0 bridgehead atoms. The standard InChI is InChI=1S/C15H17NO6/c1-9(2)14(17)21-5-6-22-15(18)12-7-10(3)11(4)8-13(12)16(19)20/h7-8H,1,5-6H2,2-4H3. The first kappa shape index (κ1) is 17.4. The minimum absolute atomic E-state index is 0.126. The molecule has 1 aromatic rings. The number of nitro benzene ring substituents is 1. The van der Waals surface area contributed by atoms with Gasteiger partial charge in [0.2, 0.25) is 0 Å². The zero-order valence-corrected chi connectivity index (χ0v) is 12.7. The molecule has 0 fully saturated rings. The van der Waals surface area contributed by atoms with Crippen LogP contribution in [0.2, 0.25) is 0 Å². The lowest BCUT2D eigenvalue weighted by atomic mass is 10.0. The number of nitrogens with zero attached hydrogens (tertiary/aromatic N) is 1. The van der Waals surface area contributed by atoms with E-state index >= 15 is 0 Å². The van der Waals surface area contributed by atoms with Crippen LogP contribution in [0.3, 0.4) is 0 Å². The van der Waals surface area contributed by atoms with E-state index in [1.165, 1.54) is 19.1 Å². The maximum atomic E-state index is 11.9. The molecule has 0 unspecified atom stereocenters. The summed E-state index contributed by atoms with van der Waals surface area (Å²) in [7, 11) is 0. The molecule has 0 saturated carbocycles. The molecule has 0 amide bonds. The molecule has 1 aromatic carbocycles. The Morgan fingerprint density at radius 3 is 2.27 bits per heavy atom. The Morgan fingerprint density at radius 2 is 1.73 bits per heavy atom. The van der Waals surface area contributed by atoms with Crippen LogP contribution in [-0.4, -0.2) is 30.1 Å². The van der Waals surface area contributed by atoms with Crippen molar-refractivity contribution in [1.82, 2.24) is 0 Å². The first-order valence-corrected chi connectivity index (χ1v) is 6.49. The smallest absolute Gasteiger partial charge is 0.345 e. The van der Waals surface area contributed by atoms with Crippen LogP contribution in [0, 0.1) is 24.0 Å². The lowest BCUT2D eigenvalue weighted by molar-refractivity contribution is -0.385. The van der Waals surface area contributed by atoms with Gasteiger partial charge in [-0.3, -0.25) is 10.1 Å². The summed E-state index contributed by atoms with van der Waals surface area (Å²) < 4.78 is 9.65. The second-order valence-electron chi connectivity index (χ2n) is 4.76. The number of benzene rings is 1. The van der Waals surface area contributed by atoms with Crippen LogP contribution in [0.15, 0.2) is 24.3 Å². The lowest BCUT2D eigenvalue weighted by Crippen LogP contribution is -2.15. The summed E-state index contributed by atoms with van der Waals surface area (Å²) >= 11 is 0. The second-order valence-corrected chi connectivity index (χ2v) is 4.76. The molecule has 0 N–H and O–H groups in total. The van der Waals surface area contributed by atoms with Crippen molar-refractivity contribution in [2.75, 3.05) is 13.2 Å². The van der Waals surface area contributed by atoms with E-state index in [9.17, 15) is 19.7 Å². The van der Waals surface area contributed by atoms with Crippen LogP contribution in [0.4, 0.5) is 5.69 Å². The van der Waals surface area contributed by atoms with E-state index in [1.54, 1.807) is 13.8 Å². The second kappa shape index (κ2) is 7.35. The fourth-order valence-electron chi connectivity index (χ4n) is 1.59. The van der Waals surface area contributed by atoms with Gasteiger partial charge in [0.25, 0.3) is 5.69 Å². The molecule has 0 radical (unpaired) electrons. The van der Waals surface area contributed by atoms with Crippen LogP contribution in [-0.2, 0) is 14.3 Å². The van der Waals surface area contributed by atoms with Gasteiger partial charge in [0.15, 0.2) is 0 Å². The summed E-state index contributed by atoms with van der Waals surface area (Å²) in [5.74, 6) is -1.42. The topological polar surface area (TPSA) is 95.7 Å². The number of hydrogen-bond donors (Lipinski definition) is 0. The van der Waals surface area contributed by atoms with Gasteiger partial charge in [0.1, 0.15) is 18.8 Å². The van der Waals surface area contributed by atoms with Crippen molar-refractivity contribution in [1.29, 1.82) is 0 Å². The van der Waals surface area contributed by atoms with E-state index in [2.05, 4.69) is 6.58 Å². The summed E-state index contributed by atoms with van der Waals surface area (Å²) in [6.45, 7) is 8.02. The van der Waals surface area contributed by atoms with Gasteiger partial charge in [-0.05, 0) is 38.0 Å². The van der Waals surface area contributed by atoms with Crippen LogP contribution in [0.1, 0.15) is 28.4 Å². The number of rotatable bonds is 6. The van der Waals surface area contributed by atoms with Gasteiger partial charge < -0.3 is 9.47 Å². The summed E-state index contributed by atoms with van der Waals surface area (Å²) in [6.07, 6.45) is 0. The number of carbonyl (C=O) groups is 2. The number of esters is 2. The Kier molecular flexibility index (Phi) is 5.80. The molecule has 0 saturated heterocycles. The normalized spacial score (nSPS) is 9.95. The number of carbonyl (C=O) groups excluding carboxylic acids is 2. The van der Waals surface area contributed by atoms with E-state index < -0.39 is 16.9 Å². The summed E-state index contributed by atoms with van der Waals surface area (Å²) in [5, 5.41) is 11.0. The van der Waals surface area contributed by atoms with E-state index in [4.69, 9.17) is 9.47 Å². The van der Waals surface area contributed by atoms with Gasteiger partial charge in [0.05, 0.1) is 4.92 Å². The minimum atomic E-state index is -0.832. The first-order chi connectivity index (χ1) is 10.2. The number of hydrogen-bond acceptors (Lipinski definition) is 6. The van der Waals surface area contributed by atoms with Crippen molar-refractivity contribution in [2.24, 2.45) is 0 Å². The minimum Gasteiger partial charge on any atom is -0.459 e. The number of aryl methyl sites for hydroxylation is 2. The van der Waals surface area contributed by atoms with Crippen LogP contribution >= 0.6 is 0 Å². The first-order valence-electron chi connectivity index (χ1n) is 6.49. The zero-order valence-electron chi connectivity index (χ0n) is 12.7. The van der Waals surface area contributed by atoms with Gasteiger partial charge in [0, 0.05) is 11.6 Å². The van der Waals surface area contributed by atoms with Crippen molar-refractivity contribution in [3.05, 3.63) is 51.1 Å². The zero-order chi connectivity index (χ0) is 16.9. The third-order valence-electron chi connectivity index (χ3n) is 2.93. The predicted molar refractivity (Wildman–Crippen MR) is 78.6 cm³/mol. The Morgan fingerprint density at radius 1 is 1.18 bits per heavy atom. The van der Waals surface area contributed by atoms with Gasteiger partial charge in [-0.2, -0.15) is 0 Å². The van der Waals surface area contributed by atoms with Crippen LogP contribution < -0.4 is 0 Å². The Bertz CT molecular complexity index is 635. The Hall–Kier alpha value is -2.70. The average Bonchev–Trinajstić information content (AvgIpc) is 2.44. The molecule has 0 atom stereocenters. The van der Waals surface area contributed by atoms with Crippen molar-refractivity contribution < 1.29 is 24.0 Å². The van der Waals surface area contributed by atoms with Gasteiger partial charge in [-0.25, -0.2) is 9.59 Å². The molecule has 1 rings (SSSR count). The van der Waals surface area contributed by atoms with E-state index in [0.717, 1.165) is 5.56 Å². The molecule has 118 valence electrons. The predicted octanol–water partition coefficient (Wildman–Crippen LogP) is 2.49. The molecule has 7 nitrogen and oxygen atoms in total. The molecule has 0 aromatic heterocycles. The molecule has 7 heteroatoms. The largest absolute Gasteiger partial charge is 0.459 e. The molecule has 0 aliphatic carbocycles. The molecule has 0 aliphatic rings. The third kappa shape index (κ3) is 4.41. The van der Waals surface area contributed by atoms with E-state index in [0.29, 0.717) is 5.56 Å². The molecule has 0 aliphatic heterocycles. The van der Waals surface area contributed by atoms with Crippen molar-refractivity contribution in [2.45, 2.75) is 20.8 Å². The Balaban J connectivity index is 2.73. The van der Waals surface area contributed by atoms with Crippen LogP contribution in [0.5, 0.6) is 0 Å². The van der Waals surface area contributed by atoms with Crippen molar-refractivity contribution >= 4 is 17.6 Å². The van der Waals surface area contributed by atoms with Gasteiger partial charge >= 0.3 is 11.9 Å². The fourth-order valence-corrected chi connectivity index (χ4v) is 1.59. The quantitative estimate of drug-likeness (QED) is 0.263. The van der Waals surface area contributed by atoms with E-state index in [-0.39, 0.29) is 30.0 Å². The summed E-state index contributed by atoms with van der Waals surface area (Å²) in [4.78, 5) is 33.4. The number of nitro groups is 1. The SMILES string of the molecule is C=C(C)C(=O)OCCOC(=O)c1cc(C)c(C)cc1[N+](=O)[O-]. The Labute approximate surface area is 127 Å². The maximum Gasteiger partial charge on any atom is 0.345 e. The summed E-state index contributed by atoms with van der Waals surface area (Å²) in [6, 6.07) is 2.74. The highest BCUT2D eigenvalue weighted by molar-refractivity contribution is 5.94. The number of ether oxygens (including phenoxy) is 2.